The molecule has 0 bridgehead atoms. The largest absolute Gasteiger partial charge is 0.464 e. The van der Waals surface area contributed by atoms with Gasteiger partial charge in [-0.2, -0.15) is 0 Å². The zero-order valence-corrected chi connectivity index (χ0v) is 25.4. The molecule has 0 saturated heterocycles. The first-order valence-corrected chi connectivity index (χ1v) is 14.5. The van der Waals surface area contributed by atoms with Crippen LogP contribution in [0.15, 0.2) is 46.5 Å². The second-order valence-electron chi connectivity index (χ2n) is 10.0. The summed E-state index contributed by atoms with van der Waals surface area (Å²) in [6.07, 6.45) is 2.49. The van der Waals surface area contributed by atoms with Crippen molar-refractivity contribution in [3.63, 3.8) is 0 Å². The number of ether oxygens (including phenoxy) is 1. The van der Waals surface area contributed by atoms with E-state index in [0.717, 1.165) is 0 Å². The van der Waals surface area contributed by atoms with Crippen LogP contribution in [0.3, 0.4) is 0 Å². The van der Waals surface area contributed by atoms with Crippen molar-refractivity contribution < 1.29 is 41.1 Å². The summed E-state index contributed by atoms with van der Waals surface area (Å²) in [5.41, 5.74) is -0.327. The van der Waals surface area contributed by atoms with Crippen LogP contribution in [-0.2, 0) is 20.7 Å². The molecule has 1 aromatic heterocycles. The van der Waals surface area contributed by atoms with Gasteiger partial charge in [0.2, 0.25) is 5.82 Å². The highest BCUT2D eigenvalue weighted by Crippen LogP contribution is 2.45. The number of thioether (sulfide) groups is 1. The second kappa shape index (κ2) is 13.2. The Kier molecular flexibility index (Phi) is 10.0. The lowest BCUT2D eigenvalue weighted by molar-refractivity contribution is -0.144. The first-order valence-electron chi connectivity index (χ1n) is 12.8. The maximum absolute atomic E-state index is 14.4. The standard InChI is InChI=1S/C29H22Cl2F5N3O4S/c1-4-43-28(42)16(9-12-5-7-13(8-6-12)38-27(41)17-14(30)10-37-11-15(17)31)39-25-24(26(40)29(25,2)3)44-23-21(35)19(33)18(32)20(34)22(23)36/h5-8,10-11,16,24H,4,9H2,1-3H3,(H,38,41)/t16-,24?/m0/s1. The quantitative estimate of drug-likeness (QED) is 0.113. The summed E-state index contributed by atoms with van der Waals surface area (Å²) in [5, 5.41) is 1.33. The van der Waals surface area contributed by atoms with Crippen molar-refractivity contribution in [3.05, 3.63) is 86.9 Å². The number of amides is 1. The highest BCUT2D eigenvalue weighted by atomic mass is 35.5. The molecule has 2 aromatic carbocycles. The van der Waals surface area contributed by atoms with Gasteiger partial charge in [-0.25, -0.2) is 26.7 Å². The van der Waals surface area contributed by atoms with Gasteiger partial charge in [-0.1, -0.05) is 35.3 Å². The van der Waals surface area contributed by atoms with Gasteiger partial charge < -0.3 is 10.1 Å². The van der Waals surface area contributed by atoms with Crippen molar-refractivity contribution >= 4 is 64.0 Å². The highest BCUT2D eigenvalue weighted by molar-refractivity contribution is 8.01. The molecule has 0 radical (unpaired) electrons. The number of nitrogens with zero attached hydrogens (tertiary/aromatic N) is 2. The average Bonchev–Trinajstić information content (AvgIpc) is 2.98. The molecule has 44 heavy (non-hydrogen) atoms. The van der Waals surface area contributed by atoms with E-state index in [1.807, 2.05) is 0 Å². The number of hydrogen-bond donors (Lipinski definition) is 1. The predicted octanol–water partition coefficient (Wildman–Crippen LogP) is 7.02. The number of aromatic nitrogens is 1. The predicted molar refractivity (Wildman–Crippen MR) is 155 cm³/mol. The van der Waals surface area contributed by atoms with E-state index in [1.54, 1.807) is 31.2 Å². The van der Waals surface area contributed by atoms with Crippen molar-refractivity contribution in [2.24, 2.45) is 10.4 Å². The molecule has 1 aliphatic rings. The lowest BCUT2D eigenvalue weighted by Crippen LogP contribution is -2.58. The van der Waals surface area contributed by atoms with Crippen LogP contribution >= 0.6 is 35.0 Å². The summed E-state index contributed by atoms with van der Waals surface area (Å²) in [4.78, 5) is 45.4. The molecule has 7 nitrogen and oxygen atoms in total. The zero-order chi connectivity index (χ0) is 32.5. The molecule has 1 saturated carbocycles. The molecule has 1 N–H and O–H groups in total. The van der Waals surface area contributed by atoms with E-state index in [2.05, 4.69) is 15.3 Å². The molecule has 15 heteroatoms. The Bertz CT molecular complexity index is 1640. The van der Waals surface area contributed by atoms with E-state index in [0.29, 0.717) is 11.3 Å². The number of hydrogen-bond acceptors (Lipinski definition) is 7. The average molecular weight is 674 g/mol. The normalized spacial score (nSPS) is 17.3. The Balaban J connectivity index is 1.60. The molecule has 1 aliphatic carbocycles. The topological polar surface area (TPSA) is 97.7 Å². The molecular formula is C29H22Cl2F5N3O4S. The fraction of sp³-hybridized carbons (Fsp3) is 0.276. The molecule has 1 amide bonds. The molecule has 4 rings (SSSR count). The van der Waals surface area contributed by atoms with Crippen molar-refractivity contribution in [2.75, 3.05) is 11.9 Å². The van der Waals surface area contributed by atoms with Gasteiger partial charge in [-0.05, 0) is 38.5 Å². The second-order valence-corrected chi connectivity index (χ2v) is 11.9. The van der Waals surface area contributed by atoms with Gasteiger partial charge in [-0.15, -0.1) is 11.8 Å². The number of carbonyl (C=O) groups excluding carboxylic acids is 3. The van der Waals surface area contributed by atoms with Crippen LogP contribution in [0, 0.1) is 34.5 Å². The minimum atomic E-state index is -2.32. The summed E-state index contributed by atoms with van der Waals surface area (Å²) in [5.74, 6) is -12.7. The number of anilines is 1. The Hall–Kier alpha value is -3.55. The van der Waals surface area contributed by atoms with Gasteiger partial charge in [0.25, 0.3) is 5.91 Å². The van der Waals surface area contributed by atoms with Crippen LogP contribution in [-0.4, -0.2) is 46.3 Å². The minimum absolute atomic E-state index is 0.00363. The molecule has 0 spiro atoms. The van der Waals surface area contributed by atoms with Crippen molar-refractivity contribution in [3.8, 4) is 0 Å². The highest BCUT2D eigenvalue weighted by Gasteiger charge is 2.54. The fourth-order valence-corrected chi connectivity index (χ4v) is 6.36. The third kappa shape index (κ3) is 6.45. The van der Waals surface area contributed by atoms with Crippen LogP contribution in [0.5, 0.6) is 0 Å². The number of aliphatic imine (C=N–C) groups is 1. The van der Waals surface area contributed by atoms with Gasteiger partial charge in [0, 0.05) is 30.2 Å². The van der Waals surface area contributed by atoms with Gasteiger partial charge in [-0.3, -0.25) is 19.6 Å². The monoisotopic (exact) mass is 673 g/mol. The third-order valence-corrected chi connectivity index (χ3v) is 8.56. The fourth-order valence-electron chi connectivity index (χ4n) is 4.33. The summed E-state index contributed by atoms with van der Waals surface area (Å²) in [6.45, 7) is 4.49. The maximum Gasteiger partial charge on any atom is 0.331 e. The minimum Gasteiger partial charge on any atom is -0.464 e. The van der Waals surface area contributed by atoms with Crippen LogP contribution in [0.4, 0.5) is 27.6 Å². The van der Waals surface area contributed by atoms with Crippen molar-refractivity contribution in [1.82, 2.24) is 4.98 Å². The van der Waals surface area contributed by atoms with E-state index < -0.39 is 68.3 Å². The number of esters is 1. The molecule has 2 atom stereocenters. The number of rotatable bonds is 9. The van der Waals surface area contributed by atoms with Gasteiger partial charge in [0.1, 0.15) is 5.25 Å². The number of Topliss-reactive ketones (excluding diaryl/α,β-unsaturated/α-hetero) is 1. The SMILES string of the molecule is CCOC(=O)[C@H](Cc1ccc(NC(=O)c2c(Cl)cncc2Cl)cc1)N=C1C(Sc2c(F)c(F)c(F)c(F)c2F)C(=O)C1(C)C. The maximum atomic E-state index is 14.4. The van der Waals surface area contributed by atoms with Gasteiger partial charge in [0.15, 0.2) is 35.1 Å². The molecule has 232 valence electrons. The Morgan fingerprint density at radius 3 is 2.09 bits per heavy atom. The molecule has 1 fully saturated rings. The summed E-state index contributed by atoms with van der Waals surface area (Å²) in [7, 11) is 0. The molecule has 1 unspecified atom stereocenters. The summed E-state index contributed by atoms with van der Waals surface area (Å²) < 4.78 is 75.0. The van der Waals surface area contributed by atoms with E-state index >= 15 is 0 Å². The molecule has 0 aliphatic heterocycles. The number of carbonyl (C=O) groups is 3. The molecular weight excluding hydrogens is 652 g/mol. The number of pyridine rings is 1. The van der Waals surface area contributed by atoms with Gasteiger partial charge in [0.05, 0.1) is 32.5 Å². The molecule has 3 aromatic rings. The molecule has 1 heterocycles. The first-order chi connectivity index (χ1) is 20.7. The van der Waals surface area contributed by atoms with Crippen LogP contribution in [0.2, 0.25) is 10.0 Å². The van der Waals surface area contributed by atoms with E-state index in [4.69, 9.17) is 27.9 Å². The van der Waals surface area contributed by atoms with Crippen LogP contribution in [0.25, 0.3) is 0 Å². The van der Waals surface area contributed by atoms with Gasteiger partial charge >= 0.3 is 5.97 Å². The number of ketones is 1. The van der Waals surface area contributed by atoms with Crippen LogP contribution in [0.1, 0.15) is 36.7 Å². The smallest absolute Gasteiger partial charge is 0.331 e. The Morgan fingerprint density at radius 2 is 1.55 bits per heavy atom. The number of benzene rings is 2. The van der Waals surface area contributed by atoms with E-state index in [-0.39, 0.29) is 46.1 Å². The zero-order valence-electron chi connectivity index (χ0n) is 23.1. The van der Waals surface area contributed by atoms with E-state index in [1.165, 1.54) is 26.2 Å². The third-order valence-electron chi connectivity index (χ3n) is 6.72. The first kappa shape index (κ1) is 33.3. The Morgan fingerprint density at radius 1 is 1.00 bits per heavy atom. The van der Waals surface area contributed by atoms with Crippen LogP contribution < -0.4 is 5.32 Å². The lowest BCUT2D eigenvalue weighted by atomic mass is 9.68. The van der Waals surface area contributed by atoms with Crippen molar-refractivity contribution in [2.45, 2.75) is 43.4 Å². The number of halogens is 7. The lowest BCUT2D eigenvalue weighted by Gasteiger charge is -2.42. The number of nitrogens with one attached hydrogen (secondary N) is 1. The summed E-state index contributed by atoms with van der Waals surface area (Å²) in [6, 6.07) is 5.05. The van der Waals surface area contributed by atoms with E-state index in [9.17, 15) is 36.3 Å². The van der Waals surface area contributed by atoms with Crippen molar-refractivity contribution in [1.29, 1.82) is 0 Å². The summed E-state index contributed by atoms with van der Waals surface area (Å²) >= 11 is 12.2. The Labute approximate surface area is 262 Å².